The van der Waals surface area contributed by atoms with Crippen LogP contribution in [0.4, 0.5) is 0 Å². The molecule has 1 saturated heterocycles. The Bertz CT molecular complexity index is 853. The zero-order chi connectivity index (χ0) is 18.2. The molecule has 0 radical (unpaired) electrons. The number of likely N-dealkylation sites (tertiary alicyclic amines) is 1. The fourth-order valence-corrected chi connectivity index (χ4v) is 3.95. The minimum Gasteiger partial charge on any atom is -0.328 e. The van der Waals surface area contributed by atoms with E-state index >= 15 is 0 Å². The molecule has 1 unspecified atom stereocenters. The molecule has 2 aliphatic rings. The lowest BCUT2D eigenvalue weighted by Crippen LogP contribution is -2.67. The van der Waals surface area contributed by atoms with E-state index in [0.29, 0.717) is 30.9 Å². The average Bonchev–Trinajstić information content (AvgIpc) is 3.36. The van der Waals surface area contributed by atoms with Crippen molar-refractivity contribution in [3.8, 4) is 6.07 Å². The largest absolute Gasteiger partial charge is 0.328 e. The van der Waals surface area contributed by atoms with Gasteiger partial charge in [0.25, 0.3) is 15.9 Å². The van der Waals surface area contributed by atoms with Gasteiger partial charge in [-0.3, -0.25) is 9.59 Å². The number of nitriles is 1. The van der Waals surface area contributed by atoms with Crippen LogP contribution in [-0.2, 0) is 19.6 Å². The van der Waals surface area contributed by atoms with E-state index in [4.69, 9.17) is 5.26 Å². The predicted octanol–water partition coefficient (Wildman–Crippen LogP) is 1.15. The number of nitrogens with one attached hydrogen (secondary N) is 1. The Hall–Kier alpha value is -2.40. The lowest BCUT2D eigenvalue weighted by molar-refractivity contribution is -0.156. The van der Waals surface area contributed by atoms with Gasteiger partial charge in [0.2, 0.25) is 5.91 Å². The molecule has 132 valence electrons. The molecule has 7 nitrogen and oxygen atoms in total. The molecule has 8 heteroatoms. The van der Waals surface area contributed by atoms with Crippen molar-refractivity contribution < 1.29 is 18.0 Å². The Morgan fingerprint density at radius 3 is 2.44 bits per heavy atom. The predicted molar refractivity (Wildman–Crippen MR) is 88.6 cm³/mol. The molecule has 1 aliphatic heterocycles. The maximum Gasteiger partial charge on any atom is 0.264 e. The van der Waals surface area contributed by atoms with Crippen LogP contribution >= 0.6 is 0 Å². The summed E-state index contributed by atoms with van der Waals surface area (Å²) in [6, 6.07) is 7.18. The van der Waals surface area contributed by atoms with Gasteiger partial charge < -0.3 is 4.90 Å². The second kappa shape index (κ2) is 6.15. The lowest BCUT2D eigenvalue weighted by atomic mass is 9.85. The standard InChI is InChI=1S/C17H19N3O4S/c1-17(8-9-20(17)15(21)10-12-2-3-12)16(22)19-25(23,24)14-6-4-13(11-18)5-7-14/h4-7,12H,2-3,8-10H2,1H3,(H,19,22). The molecule has 1 atom stereocenters. The average molecular weight is 361 g/mol. The van der Waals surface area contributed by atoms with Crippen molar-refractivity contribution >= 4 is 21.8 Å². The normalized spacial score (nSPS) is 22.6. The Labute approximate surface area is 146 Å². The molecule has 1 aromatic rings. The van der Waals surface area contributed by atoms with Gasteiger partial charge in [0, 0.05) is 13.0 Å². The molecule has 1 aromatic carbocycles. The Balaban J connectivity index is 1.71. The van der Waals surface area contributed by atoms with Crippen LogP contribution in [0.3, 0.4) is 0 Å². The third kappa shape index (κ3) is 3.37. The van der Waals surface area contributed by atoms with Gasteiger partial charge >= 0.3 is 0 Å². The van der Waals surface area contributed by atoms with Gasteiger partial charge in [-0.05, 0) is 56.4 Å². The molecule has 1 heterocycles. The fraction of sp³-hybridized carbons (Fsp3) is 0.471. The van der Waals surface area contributed by atoms with Gasteiger partial charge in [0.05, 0.1) is 16.5 Å². The number of hydrogen-bond donors (Lipinski definition) is 1. The summed E-state index contributed by atoms with van der Waals surface area (Å²) >= 11 is 0. The topological polar surface area (TPSA) is 107 Å². The molecular formula is C17H19N3O4S. The van der Waals surface area contributed by atoms with Crippen molar-refractivity contribution in [2.75, 3.05) is 6.54 Å². The van der Waals surface area contributed by atoms with Crippen molar-refractivity contribution in [1.82, 2.24) is 9.62 Å². The van der Waals surface area contributed by atoms with Crippen LogP contribution < -0.4 is 4.72 Å². The molecule has 0 spiro atoms. The molecular weight excluding hydrogens is 342 g/mol. The summed E-state index contributed by atoms with van der Waals surface area (Å²) in [5.74, 6) is -0.391. The van der Waals surface area contributed by atoms with Crippen molar-refractivity contribution in [2.24, 2.45) is 5.92 Å². The van der Waals surface area contributed by atoms with E-state index in [1.807, 2.05) is 6.07 Å². The number of benzene rings is 1. The Kier molecular flexibility index (Phi) is 4.29. The van der Waals surface area contributed by atoms with Gasteiger partial charge in [-0.1, -0.05) is 0 Å². The number of nitrogens with zero attached hydrogens (tertiary/aromatic N) is 2. The molecule has 1 aliphatic carbocycles. The number of carbonyl (C=O) groups excluding carboxylic acids is 2. The first-order chi connectivity index (χ1) is 11.8. The zero-order valence-corrected chi connectivity index (χ0v) is 14.7. The van der Waals surface area contributed by atoms with E-state index in [9.17, 15) is 18.0 Å². The summed E-state index contributed by atoms with van der Waals surface area (Å²) in [6.45, 7) is 2.05. The molecule has 3 rings (SSSR count). The first-order valence-electron chi connectivity index (χ1n) is 8.14. The van der Waals surface area contributed by atoms with E-state index in [0.717, 1.165) is 12.8 Å². The highest BCUT2D eigenvalue weighted by molar-refractivity contribution is 7.90. The monoisotopic (exact) mass is 361 g/mol. The van der Waals surface area contributed by atoms with Gasteiger partial charge in [-0.2, -0.15) is 5.26 Å². The fourth-order valence-electron chi connectivity index (χ4n) is 2.87. The summed E-state index contributed by atoms with van der Waals surface area (Å²) in [7, 11) is -4.05. The van der Waals surface area contributed by atoms with Crippen LogP contribution in [0.5, 0.6) is 0 Å². The first-order valence-corrected chi connectivity index (χ1v) is 9.62. The minimum atomic E-state index is -4.05. The van der Waals surface area contributed by atoms with E-state index in [-0.39, 0.29) is 10.8 Å². The third-order valence-electron chi connectivity index (χ3n) is 4.89. The molecule has 1 N–H and O–H groups in total. The van der Waals surface area contributed by atoms with Crippen molar-refractivity contribution in [3.63, 3.8) is 0 Å². The maximum atomic E-state index is 12.5. The molecule has 2 amide bonds. The SMILES string of the molecule is CC1(C(=O)NS(=O)(=O)c2ccc(C#N)cc2)CCN1C(=O)CC1CC1. The highest BCUT2D eigenvalue weighted by Gasteiger charge is 2.50. The molecule has 0 bridgehead atoms. The summed E-state index contributed by atoms with van der Waals surface area (Å²) in [4.78, 5) is 26.2. The highest BCUT2D eigenvalue weighted by atomic mass is 32.2. The molecule has 1 saturated carbocycles. The number of sulfonamides is 1. The maximum absolute atomic E-state index is 12.5. The number of hydrogen-bond acceptors (Lipinski definition) is 5. The minimum absolute atomic E-state index is 0.0952. The molecule has 25 heavy (non-hydrogen) atoms. The van der Waals surface area contributed by atoms with Crippen LogP contribution in [-0.4, -0.2) is 37.2 Å². The van der Waals surface area contributed by atoms with Crippen LogP contribution in [0.25, 0.3) is 0 Å². The van der Waals surface area contributed by atoms with Crippen LogP contribution in [0.2, 0.25) is 0 Å². The Morgan fingerprint density at radius 1 is 1.32 bits per heavy atom. The zero-order valence-electron chi connectivity index (χ0n) is 13.9. The van der Waals surface area contributed by atoms with E-state index < -0.39 is 21.5 Å². The Morgan fingerprint density at radius 2 is 1.96 bits per heavy atom. The van der Waals surface area contributed by atoms with Crippen molar-refractivity contribution in [3.05, 3.63) is 29.8 Å². The van der Waals surface area contributed by atoms with Crippen molar-refractivity contribution in [1.29, 1.82) is 5.26 Å². The summed E-state index contributed by atoms with van der Waals surface area (Å²) in [5, 5.41) is 8.76. The van der Waals surface area contributed by atoms with Crippen LogP contribution in [0, 0.1) is 17.2 Å². The number of amides is 2. The summed E-state index contributed by atoms with van der Waals surface area (Å²) < 4.78 is 26.8. The van der Waals surface area contributed by atoms with E-state index in [1.54, 1.807) is 6.92 Å². The second-order valence-electron chi connectivity index (χ2n) is 6.79. The number of carbonyl (C=O) groups is 2. The quantitative estimate of drug-likeness (QED) is 0.846. The molecule has 2 fully saturated rings. The van der Waals surface area contributed by atoms with Crippen LogP contribution in [0.15, 0.2) is 29.2 Å². The van der Waals surface area contributed by atoms with Gasteiger partial charge in [-0.25, -0.2) is 13.1 Å². The summed E-state index contributed by atoms with van der Waals surface area (Å²) in [6.07, 6.45) is 2.93. The van der Waals surface area contributed by atoms with Gasteiger partial charge in [0.1, 0.15) is 5.54 Å². The van der Waals surface area contributed by atoms with E-state index in [1.165, 1.54) is 29.2 Å². The summed E-state index contributed by atoms with van der Waals surface area (Å²) in [5.41, 5.74) is -0.806. The highest BCUT2D eigenvalue weighted by Crippen LogP contribution is 2.37. The molecule has 0 aromatic heterocycles. The lowest BCUT2D eigenvalue weighted by Gasteiger charge is -2.49. The first kappa shape index (κ1) is 17.4. The third-order valence-corrected chi connectivity index (χ3v) is 6.24. The number of rotatable bonds is 5. The van der Waals surface area contributed by atoms with Gasteiger partial charge in [0.15, 0.2) is 0 Å². The van der Waals surface area contributed by atoms with Crippen molar-refractivity contribution in [2.45, 2.75) is 43.0 Å². The second-order valence-corrected chi connectivity index (χ2v) is 8.47. The van der Waals surface area contributed by atoms with Crippen LogP contribution in [0.1, 0.15) is 38.2 Å². The van der Waals surface area contributed by atoms with Gasteiger partial charge in [-0.15, -0.1) is 0 Å². The smallest absolute Gasteiger partial charge is 0.264 e. The van der Waals surface area contributed by atoms with E-state index in [2.05, 4.69) is 4.72 Å².